The SMILES string of the molecule is CCOc1ccc(C2=C(O)C(=O)N(Cc3ccccc3Cl)C2=O)cc1. The molecule has 0 bridgehead atoms. The van der Waals surface area contributed by atoms with Gasteiger partial charge in [0.1, 0.15) is 5.75 Å². The van der Waals surface area contributed by atoms with Gasteiger partial charge in [0.05, 0.1) is 18.7 Å². The number of hydrogen-bond donors (Lipinski definition) is 1. The van der Waals surface area contributed by atoms with E-state index < -0.39 is 17.6 Å². The number of aliphatic hydroxyl groups excluding tert-OH is 1. The minimum absolute atomic E-state index is 0.00191. The van der Waals surface area contributed by atoms with Crippen molar-refractivity contribution in [1.29, 1.82) is 0 Å². The summed E-state index contributed by atoms with van der Waals surface area (Å²) in [4.78, 5) is 26.0. The van der Waals surface area contributed by atoms with Gasteiger partial charge in [0, 0.05) is 5.02 Å². The zero-order chi connectivity index (χ0) is 18.0. The molecule has 0 atom stereocenters. The molecule has 5 nitrogen and oxygen atoms in total. The number of imide groups is 1. The summed E-state index contributed by atoms with van der Waals surface area (Å²) in [6.07, 6.45) is 0. The van der Waals surface area contributed by atoms with Crippen LogP contribution in [0.15, 0.2) is 54.3 Å². The Morgan fingerprint density at radius 1 is 1.04 bits per heavy atom. The summed E-state index contributed by atoms with van der Waals surface area (Å²) in [6, 6.07) is 13.6. The molecular weight excluding hydrogens is 342 g/mol. The maximum absolute atomic E-state index is 12.7. The van der Waals surface area contributed by atoms with Gasteiger partial charge in [-0.15, -0.1) is 0 Å². The van der Waals surface area contributed by atoms with Crippen LogP contribution >= 0.6 is 11.6 Å². The van der Waals surface area contributed by atoms with Crippen molar-refractivity contribution in [2.45, 2.75) is 13.5 Å². The van der Waals surface area contributed by atoms with Crippen LogP contribution < -0.4 is 4.74 Å². The molecule has 128 valence electrons. The molecule has 3 rings (SSSR count). The van der Waals surface area contributed by atoms with Crippen LogP contribution in [0.3, 0.4) is 0 Å². The number of amides is 2. The number of benzene rings is 2. The summed E-state index contributed by atoms with van der Waals surface area (Å²) in [5.41, 5.74) is 1.08. The minimum Gasteiger partial charge on any atom is -0.502 e. The Morgan fingerprint density at radius 3 is 2.36 bits per heavy atom. The monoisotopic (exact) mass is 357 g/mol. The number of aliphatic hydroxyl groups is 1. The van der Waals surface area contributed by atoms with E-state index in [2.05, 4.69) is 0 Å². The average molecular weight is 358 g/mol. The second-order valence-electron chi connectivity index (χ2n) is 5.47. The maximum Gasteiger partial charge on any atom is 0.296 e. The first-order valence-electron chi connectivity index (χ1n) is 7.79. The third kappa shape index (κ3) is 3.23. The first-order chi connectivity index (χ1) is 12.0. The normalized spacial score (nSPS) is 14.4. The Labute approximate surface area is 150 Å². The Kier molecular flexibility index (Phi) is 4.76. The molecule has 1 aliphatic heterocycles. The molecule has 0 aliphatic carbocycles. The molecule has 6 heteroatoms. The molecule has 0 unspecified atom stereocenters. The molecule has 0 fully saturated rings. The Balaban J connectivity index is 1.88. The van der Waals surface area contributed by atoms with Crippen molar-refractivity contribution in [2.24, 2.45) is 0 Å². The molecule has 25 heavy (non-hydrogen) atoms. The van der Waals surface area contributed by atoms with Crippen molar-refractivity contribution in [3.05, 3.63) is 70.4 Å². The summed E-state index contributed by atoms with van der Waals surface area (Å²) in [6.45, 7) is 2.40. The summed E-state index contributed by atoms with van der Waals surface area (Å²) in [5.74, 6) is -1.18. The van der Waals surface area contributed by atoms with E-state index in [4.69, 9.17) is 16.3 Å². The van der Waals surface area contributed by atoms with Gasteiger partial charge >= 0.3 is 0 Å². The highest BCUT2D eigenvalue weighted by Gasteiger charge is 2.39. The lowest BCUT2D eigenvalue weighted by Crippen LogP contribution is -2.31. The van der Waals surface area contributed by atoms with Crippen LogP contribution in [0.2, 0.25) is 5.02 Å². The predicted octanol–water partition coefficient (Wildman–Crippen LogP) is 3.58. The number of nitrogens with zero attached hydrogens (tertiary/aromatic N) is 1. The molecule has 2 amide bonds. The molecule has 0 saturated carbocycles. The molecular formula is C19H16ClNO4. The Morgan fingerprint density at radius 2 is 1.72 bits per heavy atom. The second-order valence-corrected chi connectivity index (χ2v) is 5.88. The van der Waals surface area contributed by atoms with Crippen molar-refractivity contribution >= 4 is 29.0 Å². The number of hydrogen-bond acceptors (Lipinski definition) is 4. The molecule has 0 aromatic heterocycles. The van der Waals surface area contributed by atoms with Gasteiger partial charge < -0.3 is 9.84 Å². The van der Waals surface area contributed by atoms with Crippen LogP contribution in [0.5, 0.6) is 5.75 Å². The fourth-order valence-electron chi connectivity index (χ4n) is 2.65. The number of carbonyl (C=O) groups is 2. The van der Waals surface area contributed by atoms with Crippen LogP contribution in [0.1, 0.15) is 18.1 Å². The molecule has 1 N–H and O–H groups in total. The van der Waals surface area contributed by atoms with Gasteiger partial charge in [-0.1, -0.05) is 41.9 Å². The van der Waals surface area contributed by atoms with Crippen LogP contribution in [-0.2, 0) is 16.1 Å². The van der Waals surface area contributed by atoms with Crippen molar-refractivity contribution in [1.82, 2.24) is 4.90 Å². The van der Waals surface area contributed by atoms with Gasteiger partial charge in [0.25, 0.3) is 11.8 Å². The molecule has 1 aliphatic rings. The topological polar surface area (TPSA) is 66.8 Å². The zero-order valence-electron chi connectivity index (χ0n) is 13.5. The van der Waals surface area contributed by atoms with E-state index >= 15 is 0 Å². The van der Waals surface area contributed by atoms with Crippen molar-refractivity contribution in [3.63, 3.8) is 0 Å². The molecule has 2 aromatic rings. The average Bonchev–Trinajstić information content (AvgIpc) is 2.81. The van der Waals surface area contributed by atoms with E-state index in [1.165, 1.54) is 0 Å². The molecule has 0 saturated heterocycles. The summed E-state index contributed by atoms with van der Waals surface area (Å²) >= 11 is 6.10. The Bertz CT molecular complexity index is 858. The summed E-state index contributed by atoms with van der Waals surface area (Å²) in [5, 5.41) is 10.6. The van der Waals surface area contributed by atoms with Crippen molar-refractivity contribution in [2.75, 3.05) is 6.61 Å². The van der Waals surface area contributed by atoms with Gasteiger partial charge in [-0.3, -0.25) is 14.5 Å². The smallest absolute Gasteiger partial charge is 0.296 e. The lowest BCUT2D eigenvalue weighted by atomic mass is 10.1. The van der Waals surface area contributed by atoms with E-state index in [1.54, 1.807) is 48.5 Å². The molecule has 0 spiro atoms. The highest BCUT2D eigenvalue weighted by atomic mass is 35.5. The van der Waals surface area contributed by atoms with Gasteiger partial charge in [0.15, 0.2) is 5.76 Å². The van der Waals surface area contributed by atoms with Gasteiger partial charge in [-0.25, -0.2) is 0 Å². The van der Waals surface area contributed by atoms with Gasteiger partial charge in [-0.05, 0) is 36.2 Å². The highest BCUT2D eigenvalue weighted by Crippen LogP contribution is 2.31. The largest absolute Gasteiger partial charge is 0.502 e. The first-order valence-corrected chi connectivity index (χ1v) is 8.16. The zero-order valence-corrected chi connectivity index (χ0v) is 14.3. The number of halogens is 1. The van der Waals surface area contributed by atoms with E-state index in [-0.39, 0.29) is 12.1 Å². The fraction of sp³-hybridized carbons (Fsp3) is 0.158. The lowest BCUT2D eigenvalue weighted by Gasteiger charge is -2.15. The highest BCUT2D eigenvalue weighted by molar-refractivity contribution is 6.35. The lowest BCUT2D eigenvalue weighted by molar-refractivity contribution is -0.138. The van der Waals surface area contributed by atoms with Crippen molar-refractivity contribution < 1.29 is 19.4 Å². The first kappa shape index (κ1) is 17.0. The van der Waals surface area contributed by atoms with E-state index in [0.29, 0.717) is 28.5 Å². The third-order valence-electron chi connectivity index (χ3n) is 3.88. The van der Waals surface area contributed by atoms with Crippen LogP contribution in [0, 0.1) is 0 Å². The maximum atomic E-state index is 12.7. The van der Waals surface area contributed by atoms with Crippen molar-refractivity contribution in [3.8, 4) is 5.75 Å². The predicted molar refractivity (Wildman–Crippen MR) is 94.2 cm³/mol. The minimum atomic E-state index is -0.728. The third-order valence-corrected chi connectivity index (χ3v) is 4.25. The standard InChI is InChI=1S/C19H16ClNO4/c1-2-25-14-9-7-12(8-10-14)16-17(22)19(24)21(18(16)23)11-13-5-3-4-6-15(13)20/h3-10,22H,2,11H2,1H3. The quantitative estimate of drug-likeness (QED) is 0.830. The van der Waals surface area contributed by atoms with Gasteiger partial charge in [0.2, 0.25) is 0 Å². The van der Waals surface area contributed by atoms with Gasteiger partial charge in [-0.2, -0.15) is 0 Å². The molecule has 2 aromatic carbocycles. The number of rotatable bonds is 5. The van der Waals surface area contributed by atoms with E-state index in [1.807, 2.05) is 6.92 Å². The van der Waals surface area contributed by atoms with Crippen LogP contribution in [0.4, 0.5) is 0 Å². The number of carbonyl (C=O) groups excluding carboxylic acids is 2. The summed E-state index contributed by atoms with van der Waals surface area (Å²) < 4.78 is 5.36. The van der Waals surface area contributed by atoms with Crippen LogP contribution in [0.25, 0.3) is 5.57 Å². The Hall–Kier alpha value is -2.79. The fourth-order valence-corrected chi connectivity index (χ4v) is 2.84. The summed E-state index contributed by atoms with van der Waals surface area (Å²) in [7, 11) is 0. The van der Waals surface area contributed by atoms with Crippen LogP contribution in [-0.4, -0.2) is 28.4 Å². The molecule has 1 heterocycles. The number of ether oxygens (including phenoxy) is 1. The second kappa shape index (κ2) is 6.99. The van der Waals surface area contributed by atoms with E-state index in [9.17, 15) is 14.7 Å². The van der Waals surface area contributed by atoms with E-state index in [0.717, 1.165) is 4.90 Å². The molecule has 0 radical (unpaired) electrons.